The lowest BCUT2D eigenvalue weighted by Crippen LogP contribution is -2.15. The minimum Gasteiger partial charge on any atom is -0.481 e. The van der Waals surface area contributed by atoms with Gasteiger partial charge in [-0.1, -0.05) is 32.6 Å². The van der Waals surface area contributed by atoms with E-state index in [2.05, 4.69) is 6.92 Å². The number of carbonyl (C=O) groups is 1. The van der Waals surface area contributed by atoms with Crippen LogP contribution in [0.1, 0.15) is 45.4 Å². The van der Waals surface area contributed by atoms with E-state index in [-0.39, 0.29) is 12.5 Å². The highest BCUT2D eigenvalue weighted by atomic mass is 16.5. The first-order chi connectivity index (χ1) is 6.20. The zero-order valence-electron chi connectivity index (χ0n) is 8.58. The van der Waals surface area contributed by atoms with Gasteiger partial charge >= 0.3 is 5.97 Å². The van der Waals surface area contributed by atoms with Gasteiger partial charge in [-0.15, -0.1) is 0 Å². The second-order valence-corrected chi connectivity index (χ2v) is 3.30. The van der Waals surface area contributed by atoms with Crippen LogP contribution in [0.2, 0.25) is 0 Å². The molecule has 0 aliphatic carbocycles. The van der Waals surface area contributed by atoms with Gasteiger partial charge in [0.15, 0.2) is 0 Å². The Hall–Kier alpha value is -0.570. The van der Waals surface area contributed by atoms with Gasteiger partial charge in [0.1, 0.15) is 0 Å². The number of carboxylic acid groups (broad SMARTS) is 1. The molecule has 3 nitrogen and oxygen atoms in total. The zero-order chi connectivity index (χ0) is 10.1. The number of hydrogen-bond donors (Lipinski definition) is 1. The van der Waals surface area contributed by atoms with Gasteiger partial charge in [0.2, 0.25) is 0 Å². The number of methoxy groups -OCH3 is 1. The Kier molecular flexibility index (Phi) is 7.69. The van der Waals surface area contributed by atoms with Crippen LogP contribution in [0.3, 0.4) is 0 Å². The molecule has 0 amide bonds. The van der Waals surface area contributed by atoms with Crippen LogP contribution in [0.25, 0.3) is 0 Å². The Bertz CT molecular complexity index is 134. The van der Waals surface area contributed by atoms with Crippen LogP contribution in [-0.2, 0) is 9.53 Å². The van der Waals surface area contributed by atoms with Gasteiger partial charge in [-0.05, 0) is 6.42 Å². The summed E-state index contributed by atoms with van der Waals surface area (Å²) in [5.74, 6) is -0.776. The third-order valence-corrected chi connectivity index (χ3v) is 2.12. The minimum absolute atomic E-state index is 0.102. The van der Waals surface area contributed by atoms with Gasteiger partial charge in [0.05, 0.1) is 12.5 Å². The van der Waals surface area contributed by atoms with Gasteiger partial charge < -0.3 is 9.84 Å². The molecular weight excluding hydrogens is 168 g/mol. The summed E-state index contributed by atoms with van der Waals surface area (Å²) in [4.78, 5) is 10.4. The van der Waals surface area contributed by atoms with E-state index in [0.717, 1.165) is 12.8 Å². The molecule has 13 heavy (non-hydrogen) atoms. The predicted octanol–water partition coefficient (Wildman–Crippen LogP) is 2.45. The zero-order valence-corrected chi connectivity index (χ0v) is 8.58. The van der Waals surface area contributed by atoms with Gasteiger partial charge in [-0.3, -0.25) is 4.79 Å². The summed E-state index contributed by atoms with van der Waals surface area (Å²) < 4.78 is 5.06. The average molecular weight is 188 g/mol. The second-order valence-electron chi connectivity index (χ2n) is 3.30. The number of aliphatic carboxylic acids is 1. The fourth-order valence-electron chi connectivity index (χ4n) is 1.30. The Morgan fingerprint density at radius 1 is 1.38 bits per heavy atom. The summed E-state index contributed by atoms with van der Waals surface area (Å²) in [5.41, 5.74) is 0. The molecule has 3 heteroatoms. The van der Waals surface area contributed by atoms with Crippen LogP contribution < -0.4 is 0 Å². The first-order valence-corrected chi connectivity index (χ1v) is 4.95. The van der Waals surface area contributed by atoms with Crippen molar-refractivity contribution in [2.75, 3.05) is 7.11 Å². The largest absolute Gasteiger partial charge is 0.481 e. The summed E-state index contributed by atoms with van der Waals surface area (Å²) in [6.45, 7) is 2.16. The minimum atomic E-state index is -0.776. The lowest BCUT2D eigenvalue weighted by atomic mass is 10.1. The van der Waals surface area contributed by atoms with Crippen molar-refractivity contribution in [3.63, 3.8) is 0 Å². The molecule has 0 aromatic heterocycles. The van der Waals surface area contributed by atoms with Crippen molar-refractivity contribution in [1.82, 2.24) is 0 Å². The predicted molar refractivity (Wildman–Crippen MR) is 51.8 cm³/mol. The quantitative estimate of drug-likeness (QED) is 0.595. The molecule has 0 rings (SSSR count). The molecule has 1 atom stereocenters. The third kappa shape index (κ3) is 7.78. The van der Waals surface area contributed by atoms with Crippen LogP contribution in [-0.4, -0.2) is 24.3 Å². The highest BCUT2D eigenvalue weighted by molar-refractivity contribution is 5.67. The number of hydrogen-bond acceptors (Lipinski definition) is 2. The first-order valence-electron chi connectivity index (χ1n) is 4.95. The molecule has 1 N–H and O–H groups in total. The second kappa shape index (κ2) is 8.05. The SMILES string of the molecule is CCCCCCC(CC(=O)O)OC. The van der Waals surface area contributed by atoms with Crippen molar-refractivity contribution < 1.29 is 14.6 Å². The van der Waals surface area contributed by atoms with E-state index in [1.807, 2.05) is 0 Å². The lowest BCUT2D eigenvalue weighted by Gasteiger charge is -2.12. The Morgan fingerprint density at radius 2 is 2.08 bits per heavy atom. The molecule has 0 spiro atoms. The topological polar surface area (TPSA) is 46.5 Å². The first kappa shape index (κ1) is 12.4. The van der Waals surface area contributed by atoms with E-state index >= 15 is 0 Å². The summed E-state index contributed by atoms with van der Waals surface area (Å²) in [6.07, 6.45) is 5.57. The smallest absolute Gasteiger partial charge is 0.305 e. The van der Waals surface area contributed by atoms with E-state index in [1.165, 1.54) is 19.3 Å². The van der Waals surface area contributed by atoms with Crippen LogP contribution >= 0.6 is 0 Å². The van der Waals surface area contributed by atoms with Crippen molar-refractivity contribution >= 4 is 5.97 Å². The Labute approximate surface area is 80.1 Å². The maximum atomic E-state index is 10.4. The number of carboxylic acids is 1. The van der Waals surface area contributed by atoms with Crippen molar-refractivity contribution in [2.24, 2.45) is 0 Å². The molecule has 0 saturated carbocycles. The number of rotatable bonds is 8. The number of unbranched alkanes of at least 4 members (excludes halogenated alkanes) is 3. The molecule has 0 radical (unpaired) electrons. The fourth-order valence-corrected chi connectivity index (χ4v) is 1.30. The molecule has 0 bridgehead atoms. The van der Waals surface area contributed by atoms with Crippen molar-refractivity contribution in [3.05, 3.63) is 0 Å². The van der Waals surface area contributed by atoms with Crippen molar-refractivity contribution in [2.45, 2.75) is 51.6 Å². The monoisotopic (exact) mass is 188 g/mol. The maximum Gasteiger partial charge on any atom is 0.305 e. The average Bonchev–Trinajstić information content (AvgIpc) is 2.09. The summed E-state index contributed by atoms with van der Waals surface area (Å²) in [7, 11) is 1.58. The molecular formula is C10H20O3. The molecule has 0 aromatic rings. The van der Waals surface area contributed by atoms with E-state index in [1.54, 1.807) is 7.11 Å². The van der Waals surface area contributed by atoms with Crippen LogP contribution in [0.15, 0.2) is 0 Å². The van der Waals surface area contributed by atoms with E-state index in [0.29, 0.717) is 0 Å². The van der Waals surface area contributed by atoms with E-state index < -0.39 is 5.97 Å². The highest BCUT2D eigenvalue weighted by Gasteiger charge is 2.10. The highest BCUT2D eigenvalue weighted by Crippen LogP contribution is 2.10. The molecule has 1 unspecified atom stereocenters. The Balaban J connectivity index is 3.42. The van der Waals surface area contributed by atoms with E-state index in [4.69, 9.17) is 9.84 Å². The van der Waals surface area contributed by atoms with Gasteiger partial charge in [-0.25, -0.2) is 0 Å². The molecule has 0 aliphatic rings. The summed E-state index contributed by atoms with van der Waals surface area (Å²) in [5, 5.41) is 8.54. The van der Waals surface area contributed by atoms with E-state index in [9.17, 15) is 4.79 Å². The molecule has 0 aromatic carbocycles. The molecule has 0 fully saturated rings. The number of ether oxygens (including phenoxy) is 1. The molecule has 78 valence electrons. The van der Waals surface area contributed by atoms with Crippen molar-refractivity contribution in [1.29, 1.82) is 0 Å². The fraction of sp³-hybridized carbons (Fsp3) is 0.900. The van der Waals surface area contributed by atoms with Crippen LogP contribution in [0.5, 0.6) is 0 Å². The van der Waals surface area contributed by atoms with Crippen LogP contribution in [0, 0.1) is 0 Å². The Morgan fingerprint density at radius 3 is 2.54 bits per heavy atom. The normalized spacial score (nSPS) is 12.8. The van der Waals surface area contributed by atoms with Crippen molar-refractivity contribution in [3.8, 4) is 0 Å². The third-order valence-electron chi connectivity index (χ3n) is 2.12. The lowest BCUT2D eigenvalue weighted by molar-refractivity contribution is -0.139. The summed E-state index contributed by atoms with van der Waals surface area (Å²) >= 11 is 0. The maximum absolute atomic E-state index is 10.4. The van der Waals surface area contributed by atoms with Gasteiger partial charge in [0.25, 0.3) is 0 Å². The molecule has 0 saturated heterocycles. The summed E-state index contributed by atoms with van der Waals surface area (Å²) in [6, 6.07) is 0. The van der Waals surface area contributed by atoms with Gasteiger partial charge in [-0.2, -0.15) is 0 Å². The molecule has 0 heterocycles. The standard InChI is InChI=1S/C10H20O3/c1-3-4-5-6-7-9(13-2)8-10(11)12/h9H,3-8H2,1-2H3,(H,11,12). The van der Waals surface area contributed by atoms with Gasteiger partial charge in [0, 0.05) is 7.11 Å². The van der Waals surface area contributed by atoms with Crippen LogP contribution in [0.4, 0.5) is 0 Å². The molecule has 0 aliphatic heterocycles.